The lowest BCUT2D eigenvalue weighted by molar-refractivity contribution is 0.118. The van der Waals surface area contributed by atoms with Crippen LogP contribution in [0.2, 0.25) is 10.0 Å². The van der Waals surface area contributed by atoms with Crippen LogP contribution in [-0.4, -0.2) is 42.5 Å². The molecule has 1 aliphatic heterocycles. The Morgan fingerprint density at radius 2 is 1.89 bits per heavy atom. The summed E-state index contributed by atoms with van der Waals surface area (Å²) < 4.78 is 0. The number of hydrogen-bond acceptors (Lipinski definition) is 3. The van der Waals surface area contributed by atoms with E-state index in [9.17, 15) is 5.26 Å². The molecule has 1 saturated heterocycles. The summed E-state index contributed by atoms with van der Waals surface area (Å²) in [5.41, 5.74) is 0.918. The number of hydrogen-bond donors (Lipinski definition) is 0. The first-order valence-corrected chi connectivity index (χ1v) is 7.22. The fourth-order valence-electron chi connectivity index (χ4n) is 2.39. The van der Waals surface area contributed by atoms with Crippen molar-refractivity contribution in [2.45, 2.75) is 13.0 Å². The maximum Gasteiger partial charge on any atom is 0.124 e. The molecule has 3 nitrogen and oxygen atoms in total. The Hall–Kier alpha value is -0.790. The Balaban J connectivity index is 2.12. The third-order valence-electron chi connectivity index (χ3n) is 3.60. The maximum atomic E-state index is 9.43. The molecule has 1 aromatic rings. The van der Waals surface area contributed by atoms with Crippen LogP contribution in [0.25, 0.3) is 0 Å². The molecular weight excluding hydrogens is 281 g/mol. The summed E-state index contributed by atoms with van der Waals surface area (Å²) in [6, 6.07) is 7.57. The van der Waals surface area contributed by atoms with Gasteiger partial charge in [-0.05, 0) is 24.2 Å². The van der Waals surface area contributed by atoms with Crippen LogP contribution in [0.1, 0.15) is 18.5 Å². The van der Waals surface area contributed by atoms with Crippen molar-refractivity contribution < 1.29 is 0 Å². The lowest BCUT2D eigenvalue weighted by Gasteiger charge is -2.36. The van der Waals surface area contributed by atoms with E-state index in [2.05, 4.69) is 22.8 Å². The van der Waals surface area contributed by atoms with Crippen molar-refractivity contribution in [1.82, 2.24) is 9.80 Å². The van der Waals surface area contributed by atoms with E-state index in [0.717, 1.165) is 38.3 Å². The number of halogens is 2. The van der Waals surface area contributed by atoms with E-state index in [4.69, 9.17) is 23.2 Å². The monoisotopic (exact) mass is 297 g/mol. The first-order chi connectivity index (χ1) is 9.15. The minimum atomic E-state index is -0.242. The highest BCUT2D eigenvalue weighted by atomic mass is 35.5. The molecule has 1 heterocycles. The van der Waals surface area contributed by atoms with E-state index >= 15 is 0 Å². The smallest absolute Gasteiger partial charge is 0.124 e. The predicted octanol–water partition coefficient (Wildman–Crippen LogP) is 3.20. The van der Waals surface area contributed by atoms with Gasteiger partial charge in [-0.3, -0.25) is 4.90 Å². The molecule has 0 aromatic heterocycles. The van der Waals surface area contributed by atoms with Crippen LogP contribution in [0.15, 0.2) is 18.2 Å². The SMILES string of the molecule is CCN1CCN(C(C#N)c2ccc(Cl)c(Cl)c2)CC1. The van der Waals surface area contributed by atoms with Gasteiger partial charge in [0.1, 0.15) is 6.04 Å². The first-order valence-electron chi connectivity index (χ1n) is 6.46. The molecule has 0 aliphatic carbocycles. The second-order valence-electron chi connectivity index (χ2n) is 4.68. The van der Waals surface area contributed by atoms with Crippen molar-refractivity contribution in [1.29, 1.82) is 5.26 Å². The van der Waals surface area contributed by atoms with Gasteiger partial charge in [0.2, 0.25) is 0 Å². The number of likely N-dealkylation sites (N-methyl/N-ethyl adjacent to an activating group) is 1. The number of rotatable bonds is 3. The second kappa shape index (κ2) is 6.58. The van der Waals surface area contributed by atoms with E-state index in [0.29, 0.717) is 10.0 Å². The van der Waals surface area contributed by atoms with Gasteiger partial charge in [0.05, 0.1) is 16.1 Å². The van der Waals surface area contributed by atoms with Crippen molar-refractivity contribution in [3.8, 4) is 6.07 Å². The Bertz CT molecular complexity index is 476. The van der Waals surface area contributed by atoms with Crippen molar-refractivity contribution >= 4 is 23.2 Å². The molecule has 19 heavy (non-hydrogen) atoms. The summed E-state index contributed by atoms with van der Waals surface area (Å²) in [4.78, 5) is 4.59. The second-order valence-corrected chi connectivity index (χ2v) is 5.49. The third kappa shape index (κ3) is 3.40. The Labute approximate surface area is 124 Å². The van der Waals surface area contributed by atoms with E-state index < -0.39 is 0 Å². The normalized spacial score (nSPS) is 19.1. The van der Waals surface area contributed by atoms with Crippen molar-refractivity contribution in [2.75, 3.05) is 32.7 Å². The Kier molecular flexibility index (Phi) is 5.06. The summed E-state index contributed by atoms with van der Waals surface area (Å²) in [6.07, 6.45) is 0. The zero-order chi connectivity index (χ0) is 13.8. The molecule has 0 N–H and O–H groups in total. The van der Waals surface area contributed by atoms with Gasteiger partial charge in [0.25, 0.3) is 0 Å². The molecule has 1 aromatic carbocycles. The van der Waals surface area contributed by atoms with Crippen LogP contribution in [0.3, 0.4) is 0 Å². The van der Waals surface area contributed by atoms with Crippen LogP contribution in [0, 0.1) is 11.3 Å². The van der Waals surface area contributed by atoms with E-state index in [1.165, 1.54) is 0 Å². The summed E-state index contributed by atoms with van der Waals surface area (Å²) in [5.74, 6) is 0. The standard InChI is InChI=1S/C14H17Cl2N3/c1-2-18-5-7-19(8-6-18)14(10-17)11-3-4-12(15)13(16)9-11/h3-4,9,14H,2,5-8H2,1H3. The molecule has 1 aliphatic rings. The minimum Gasteiger partial charge on any atom is -0.301 e. The lowest BCUT2D eigenvalue weighted by atomic mass is 10.1. The molecule has 5 heteroatoms. The molecule has 1 unspecified atom stereocenters. The Morgan fingerprint density at radius 3 is 2.42 bits per heavy atom. The molecular formula is C14H17Cl2N3. The van der Waals surface area contributed by atoms with Gasteiger partial charge in [-0.1, -0.05) is 36.2 Å². The summed E-state index contributed by atoms with van der Waals surface area (Å²) >= 11 is 11.9. The highest BCUT2D eigenvalue weighted by Crippen LogP contribution is 2.28. The summed E-state index contributed by atoms with van der Waals surface area (Å²) in [5, 5.41) is 10.5. The van der Waals surface area contributed by atoms with Crippen LogP contribution in [0.4, 0.5) is 0 Å². The first kappa shape index (κ1) is 14.6. The number of piperazine rings is 1. The highest BCUT2D eigenvalue weighted by Gasteiger charge is 2.24. The highest BCUT2D eigenvalue weighted by molar-refractivity contribution is 6.42. The lowest BCUT2D eigenvalue weighted by Crippen LogP contribution is -2.47. The fourth-order valence-corrected chi connectivity index (χ4v) is 2.69. The zero-order valence-corrected chi connectivity index (χ0v) is 12.5. The van der Waals surface area contributed by atoms with Gasteiger partial charge in [0, 0.05) is 26.2 Å². The minimum absolute atomic E-state index is 0.242. The van der Waals surface area contributed by atoms with Gasteiger partial charge in [-0.25, -0.2) is 0 Å². The summed E-state index contributed by atoms with van der Waals surface area (Å²) in [6.45, 7) is 7.07. The topological polar surface area (TPSA) is 30.3 Å². The molecule has 1 fully saturated rings. The van der Waals surface area contributed by atoms with Gasteiger partial charge in [-0.15, -0.1) is 0 Å². The molecule has 0 amide bonds. The zero-order valence-electron chi connectivity index (χ0n) is 10.9. The number of nitriles is 1. The van der Waals surface area contributed by atoms with Crippen LogP contribution in [0.5, 0.6) is 0 Å². The largest absolute Gasteiger partial charge is 0.301 e. The predicted molar refractivity (Wildman–Crippen MR) is 78.5 cm³/mol. The van der Waals surface area contributed by atoms with Crippen LogP contribution >= 0.6 is 23.2 Å². The molecule has 0 radical (unpaired) electrons. The fraction of sp³-hybridized carbons (Fsp3) is 0.500. The molecule has 2 rings (SSSR count). The third-order valence-corrected chi connectivity index (χ3v) is 4.34. The number of benzene rings is 1. The average Bonchev–Trinajstić information content (AvgIpc) is 2.44. The van der Waals surface area contributed by atoms with Crippen molar-refractivity contribution in [3.05, 3.63) is 33.8 Å². The van der Waals surface area contributed by atoms with E-state index in [1.54, 1.807) is 12.1 Å². The van der Waals surface area contributed by atoms with Crippen molar-refractivity contribution in [3.63, 3.8) is 0 Å². The quantitative estimate of drug-likeness (QED) is 0.858. The summed E-state index contributed by atoms with van der Waals surface area (Å²) in [7, 11) is 0. The van der Waals surface area contributed by atoms with Gasteiger partial charge >= 0.3 is 0 Å². The van der Waals surface area contributed by atoms with Gasteiger partial charge in [0.15, 0.2) is 0 Å². The number of nitrogens with zero attached hydrogens (tertiary/aromatic N) is 3. The van der Waals surface area contributed by atoms with E-state index in [1.807, 2.05) is 6.07 Å². The average molecular weight is 298 g/mol. The van der Waals surface area contributed by atoms with Gasteiger partial charge < -0.3 is 4.90 Å². The Morgan fingerprint density at radius 1 is 1.21 bits per heavy atom. The van der Waals surface area contributed by atoms with Crippen molar-refractivity contribution in [2.24, 2.45) is 0 Å². The molecule has 0 spiro atoms. The van der Waals surface area contributed by atoms with Gasteiger partial charge in [-0.2, -0.15) is 5.26 Å². The molecule has 0 bridgehead atoms. The van der Waals surface area contributed by atoms with E-state index in [-0.39, 0.29) is 6.04 Å². The molecule has 102 valence electrons. The molecule has 1 atom stereocenters. The molecule has 0 saturated carbocycles. The maximum absolute atomic E-state index is 9.43. The van der Waals surface area contributed by atoms with Crippen LogP contribution < -0.4 is 0 Å². The van der Waals surface area contributed by atoms with Crippen LogP contribution in [-0.2, 0) is 0 Å².